The van der Waals surface area contributed by atoms with Crippen LogP contribution >= 0.6 is 0 Å². The van der Waals surface area contributed by atoms with Crippen LogP contribution in [0.2, 0.25) is 0 Å². The molecule has 0 saturated carbocycles. The lowest BCUT2D eigenvalue weighted by molar-refractivity contribution is -0.142. The third kappa shape index (κ3) is 3.76. The molecule has 1 aromatic carbocycles. The molecule has 1 N–H and O–H groups in total. The van der Waals surface area contributed by atoms with Crippen molar-refractivity contribution in [2.24, 2.45) is 0 Å². The monoisotopic (exact) mass is 290 g/mol. The Kier molecular flexibility index (Phi) is 5.62. The summed E-state index contributed by atoms with van der Waals surface area (Å²) in [6.45, 7) is 5.80. The molecule has 0 amide bonds. The topological polar surface area (TPSA) is 41.6 Å². The lowest BCUT2D eigenvalue weighted by Gasteiger charge is -2.38. The standard InChI is InChI=1S/C17H26N2O2/c1-4-11-18-15(17(20)21-3)12-19-13(2)9-10-14-7-5-6-8-16(14)19/h5-8,13,15,18H,4,9-12H2,1-3H3. The van der Waals surface area contributed by atoms with Gasteiger partial charge in [-0.1, -0.05) is 25.1 Å². The third-order valence-electron chi connectivity index (χ3n) is 4.17. The van der Waals surface area contributed by atoms with Crippen molar-refractivity contribution >= 4 is 11.7 Å². The number of ether oxygens (including phenoxy) is 1. The van der Waals surface area contributed by atoms with Gasteiger partial charge in [0.05, 0.1) is 7.11 Å². The van der Waals surface area contributed by atoms with Crippen molar-refractivity contribution in [2.75, 3.05) is 25.1 Å². The number of esters is 1. The normalized spacial score (nSPS) is 19.0. The Labute approximate surface area is 127 Å². The van der Waals surface area contributed by atoms with Crippen LogP contribution in [0, 0.1) is 0 Å². The van der Waals surface area contributed by atoms with Crippen LogP contribution in [-0.2, 0) is 16.0 Å². The molecule has 0 saturated heterocycles. The highest BCUT2D eigenvalue weighted by Gasteiger charge is 2.28. The predicted octanol–water partition coefficient (Wildman–Crippen LogP) is 2.37. The number of anilines is 1. The van der Waals surface area contributed by atoms with E-state index in [1.54, 1.807) is 0 Å². The molecular weight excluding hydrogens is 264 g/mol. The Morgan fingerprint density at radius 3 is 2.95 bits per heavy atom. The lowest BCUT2D eigenvalue weighted by Crippen LogP contribution is -2.50. The van der Waals surface area contributed by atoms with Crippen LogP contribution in [0.1, 0.15) is 32.3 Å². The molecule has 0 aliphatic carbocycles. The van der Waals surface area contributed by atoms with E-state index in [4.69, 9.17) is 4.74 Å². The van der Waals surface area contributed by atoms with Crippen LogP contribution in [0.15, 0.2) is 24.3 Å². The molecule has 1 aliphatic rings. The first kappa shape index (κ1) is 15.8. The Balaban J connectivity index is 2.17. The number of hydrogen-bond acceptors (Lipinski definition) is 4. The highest BCUT2D eigenvalue weighted by atomic mass is 16.5. The van der Waals surface area contributed by atoms with Gasteiger partial charge >= 0.3 is 5.97 Å². The minimum atomic E-state index is -0.274. The molecule has 0 spiro atoms. The van der Waals surface area contributed by atoms with E-state index in [1.807, 2.05) is 0 Å². The van der Waals surface area contributed by atoms with Crippen molar-refractivity contribution in [1.82, 2.24) is 5.32 Å². The summed E-state index contributed by atoms with van der Waals surface area (Å²) in [6.07, 6.45) is 3.23. The lowest BCUT2D eigenvalue weighted by atomic mass is 9.96. The van der Waals surface area contributed by atoms with E-state index in [2.05, 4.69) is 48.3 Å². The molecule has 1 aliphatic heterocycles. The number of rotatable bonds is 6. The zero-order valence-electron chi connectivity index (χ0n) is 13.3. The molecule has 2 rings (SSSR count). The zero-order valence-corrected chi connectivity index (χ0v) is 13.3. The molecule has 116 valence electrons. The second-order valence-corrected chi connectivity index (χ2v) is 5.70. The van der Waals surface area contributed by atoms with Crippen LogP contribution in [-0.4, -0.2) is 38.3 Å². The average molecular weight is 290 g/mol. The van der Waals surface area contributed by atoms with Gasteiger partial charge in [-0.3, -0.25) is 4.79 Å². The van der Waals surface area contributed by atoms with Crippen molar-refractivity contribution in [2.45, 2.75) is 45.2 Å². The maximum Gasteiger partial charge on any atom is 0.324 e. The highest BCUT2D eigenvalue weighted by Crippen LogP contribution is 2.30. The van der Waals surface area contributed by atoms with Crippen LogP contribution in [0.4, 0.5) is 5.69 Å². The van der Waals surface area contributed by atoms with E-state index in [1.165, 1.54) is 18.4 Å². The summed E-state index contributed by atoms with van der Waals surface area (Å²) in [6, 6.07) is 8.65. The van der Waals surface area contributed by atoms with Gasteiger partial charge < -0.3 is 15.0 Å². The van der Waals surface area contributed by atoms with E-state index in [-0.39, 0.29) is 12.0 Å². The maximum absolute atomic E-state index is 12.0. The quantitative estimate of drug-likeness (QED) is 0.817. The molecule has 4 heteroatoms. The van der Waals surface area contributed by atoms with Gasteiger partial charge in [-0.2, -0.15) is 0 Å². The number of nitrogens with zero attached hydrogens (tertiary/aromatic N) is 1. The number of aryl methyl sites for hydroxylation is 1. The minimum absolute atomic E-state index is 0.182. The van der Waals surface area contributed by atoms with E-state index in [0.717, 1.165) is 25.8 Å². The van der Waals surface area contributed by atoms with E-state index >= 15 is 0 Å². The predicted molar refractivity (Wildman–Crippen MR) is 85.7 cm³/mol. The Morgan fingerprint density at radius 2 is 2.24 bits per heavy atom. The molecule has 2 atom stereocenters. The van der Waals surface area contributed by atoms with Crippen LogP contribution < -0.4 is 10.2 Å². The molecular formula is C17H26N2O2. The van der Waals surface area contributed by atoms with Gasteiger partial charge in [0.25, 0.3) is 0 Å². The zero-order chi connectivity index (χ0) is 15.2. The number of hydrogen-bond donors (Lipinski definition) is 1. The fraction of sp³-hybridized carbons (Fsp3) is 0.588. The Bertz CT molecular complexity index is 476. The van der Waals surface area contributed by atoms with Crippen LogP contribution in [0.3, 0.4) is 0 Å². The van der Waals surface area contributed by atoms with Crippen molar-refractivity contribution in [1.29, 1.82) is 0 Å². The summed E-state index contributed by atoms with van der Waals surface area (Å²) in [5, 5.41) is 3.30. The van der Waals surface area contributed by atoms with Crippen molar-refractivity contribution < 1.29 is 9.53 Å². The molecule has 2 unspecified atom stereocenters. The summed E-state index contributed by atoms with van der Waals surface area (Å²) in [5.74, 6) is -0.182. The molecule has 0 fully saturated rings. The highest BCUT2D eigenvalue weighted by molar-refractivity contribution is 5.77. The Hall–Kier alpha value is -1.55. The summed E-state index contributed by atoms with van der Waals surface area (Å²) in [5.41, 5.74) is 2.62. The van der Waals surface area contributed by atoms with E-state index < -0.39 is 0 Å². The van der Waals surface area contributed by atoms with Crippen LogP contribution in [0.5, 0.6) is 0 Å². The third-order valence-corrected chi connectivity index (χ3v) is 4.17. The molecule has 1 heterocycles. The number of carbonyl (C=O) groups is 1. The first-order chi connectivity index (χ1) is 10.2. The number of para-hydroxylation sites is 1. The molecule has 0 bridgehead atoms. The number of benzene rings is 1. The van der Waals surface area contributed by atoms with Gasteiger partial charge in [-0.15, -0.1) is 0 Å². The van der Waals surface area contributed by atoms with Gasteiger partial charge in [0, 0.05) is 18.3 Å². The van der Waals surface area contributed by atoms with Crippen LogP contribution in [0.25, 0.3) is 0 Å². The largest absolute Gasteiger partial charge is 0.468 e. The van der Waals surface area contributed by atoms with Gasteiger partial charge in [-0.25, -0.2) is 0 Å². The minimum Gasteiger partial charge on any atom is -0.468 e. The summed E-state index contributed by atoms with van der Waals surface area (Å²) >= 11 is 0. The van der Waals surface area contributed by atoms with Gasteiger partial charge in [0.15, 0.2) is 0 Å². The fourth-order valence-electron chi connectivity index (χ4n) is 2.92. The number of fused-ring (bicyclic) bond motifs is 1. The first-order valence-corrected chi connectivity index (χ1v) is 7.83. The molecule has 0 aromatic heterocycles. The van der Waals surface area contributed by atoms with Crippen molar-refractivity contribution in [3.63, 3.8) is 0 Å². The molecule has 1 aromatic rings. The molecule has 4 nitrogen and oxygen atoms in total. The summed E-state index contributed by atoms with van der Waals surface area (Å²) < 4.78 is 4.95. The number of methoxy groups -OCH3 is 1. The SMILES string of the molecule is CCCNC(CN1c2ccccc2CCC1C)C(=O)OC. The number of nitrogens with one attached hydrogen (secondary N) is 1. The summed E-state index contributed by atoms with van der Waals surface area (Å²) in [7, 11) is 1.45. The van der Waals surface area contributed by atoms with E-state index in [0.29, 0.717) is 12.6 Å². The number of carbonyl (C=O) groups excluding carboxylic acids is 1. The van der Waals surface area contributed by atoms with Gasteiger partial charge in [0.1, 0.15) is 6.04 Å². The maximum atomic E-state index is 12.0. The molecule has 21 heavy (non-hydrogen) atoms. The van der Waals surface area contributed by atoms with Crippen molar-refractivity contribution in [3.05, 3.63) is 29.8 Å². The smallest absolute Gasteiger partial charge is 0.324 e. The first-order valence-electron chi connectivity index (χ1n) is 7.83. The molecule has 0 radical (unpaired) electrons. The second-order valence-electron chi connectivity index (χ2n) is 5.70. The van der Waals surface area contributed by atoms with Gasteiger partial charge in [-0.05, 0) is 44.4 Å². The summed E-state index contributed by atoms with van der Waals surface area (Å²) in [4.78, 5) is 14.3. The van der Waals surface area contributed by atoms with Gasteiger partial charge in [0.2, 0.25) is 0 Å². The fourth-order valence-corrected chi connectivity index (χ4v) is 2.92. The second kappa shape index (κ2) is 7.46. The van der Waals surface area contributed by atoms with Crippen molar-refractivity contribution in [3.8, 4) is 0 Å². The van der Waals surface area contributed by atoms with E-state index in [9.17, 15) is 4.79 Å². The average Bonchev–Trinajstić information content (AvgIpc) is 2.52. The Morgan fingerprint density at radius 1 is 1.48 bits per heavy atom.